The lowest BCUT2D eigenvalue weighted by molar-refractivity contribution is -0.140. The summed E-state index contributed by atoms with van der Waals surface area (Å²) in [4.78, 5) is 12.0. The number of fused-ring (bicyclic) bond motifs is 1. The number of methoxy groups -OCH3 is 1. The lowest BCUT2D eigenvalue weighted by Crippen LogP contribution is -2.03. The summed E-state index contributed by atoms with van der Waals surface area (Å²) in [5.74, 6) is 0.145. The SMILES string of the molecule is COC(=O)CCSc1cc(Cl)c2c(c1)c(-c1nnc(C(F)(F)F)s1)nn2C. The van der Waals surface area contributed by atoms with Crippen molar-refractivity contribution in [2.45, 2.75) is 17.5 Å². The molecule has 2 aromatic heterocycles. The number of carbonyl (C=O) groups excluding carboxylic acids is 1. The second-order valence-electron chi connectivity index (χ2n) is 5.36. The highest BCUT2D eigenvalue weighted by atomic mass is 35.5. The molecule has 1 aromatic carbocycles. The molecule has 0 unspecified atom stereocenters. The summed E-state index contributed by atoms with van der Waals surface area (Å²) in [5.41, 5.74) is 0.852. The van der Waals surface area contributed by atoms with Crippen LogP contribution in [-0.2, 0) is 22.8 Å². The van der Waals surface area contributed by atoms with E-state index in [-0.39, 0.29) is 23.1 Å². The fraction of sp³-hybridized carbons (Fsp3) is 0.333. The highest BCUT2D eigenvalue weighted by Gasteiger charge is 2.36. The predicted molar refractivity (Wildman–Crippen MR) is 97.0 cm³/mol. The Morgan fingerprint density at radius 3 is 2.74 bits per heavy atom. The summed E-state index contributed by atoms with van der Waals surface area (Å²) in [5, 5.41) is 11.1. The number of ether oxygens (including phenoxy) is 1. The Morgan fingerprint density at radius 1 is 1.37 bits per heavy atom. The number of hydrogen-bond donors (Lipinski definition) is 0. The molecule has 0 saturated carbocycles. The molecular formula is C15H12ClF3N4O2S2. The van der Waals surface area contributed by atoms with E-state index in [1.165, 1.54) is 23.6 Å². The Morgan fingerprint density at radius 2 is 2.11 bits per heavy atom. The van der Waals surface area contributed by atoms with Crippen molar-refractivity contribution in [2.75, 3.05) is 12.9 Å². The topological polar surface area (TPSA) is 69.9 Å². The molecule has 3 rings (SSSR count). The van der Waals surface area contributed by atoms with Gasteiger partial charge >= 0.3 is 12.1 Å². The molecule has 0 aliphatic carbocycles. The van der Waals surface area contributed by atoms with E-state index in [0.29, 0.717) is 33.0 Å². The van der Waals surface area contributed by atoms with Crippen LogP contribution >= 0.6 is 34.7 Å². The highest BCUT2D eigenvalue weighted by Crippen LogP contribution is 2.39. The molecule has 0 amide bonds. The lowest BCUT2D eigenvalue weighted by atomic mass is 10.2. The Bertz CT molecular complexity index is 1000. The van der Waals surface area contributed by atoms with Crippen molar-refractivity contribution in [1.29, 1.82) is 0 Å². The van der Waals surface area contributed by atoms with Gasteiger partial charge in [-0.2, -0.15) is 18.3 Å². The number of nitrogens with zero attached hydrogens (tertiary/aromatic N) is 4. The zero-order valence-corrected chi connectivity index (χ0v) is 16.4. The maximum atomic E-state index is 12.8. The minimum Gasteiger partial charge on any atom is -0.469 e. The number of halogens is 4. The number of carbonyl (C=O) groups is 1. The van der Waals surface area contributed by atoms with Gasteiger partial charge in [-0.05, 0) is 12.1 Å². The van der Waals surface area contributed by atoms with Crippen LogP contribution in [0, 0.1) is 0 Å². The minimum atomic E-state index is -4.56. The molecule has 2 heterocycles. The maximum Gasteiger partial charge on any atom is 0.445 e. The highest BCUT2D eigenvalue weighted by molar-refractivity contribution is 7.99. The smallest absolute Gasteiger partial charge is 0.445 e. The first-order valence-electron chi connectivity index (χ1n) is 7.47. The number of aryl methyl sites for hydroxylation is 1. The van der Waals surface area contributed by atoms with Crippen LogP contribution in [0.25, 0.3) is 21.6 Å². The molecule has 27 heavy (non-hydrogen) atoms. The van der Waals surface area contributed by atoms with E-state index in [1.807, 2.05) is 0 Å². The second-order valence-corrected chi connectivity index (χ2v) is 7.91. The van der Waals surface area contributed by atoms with Gasteiger partial charge < -0.3 is 4.74 Å². The Hall–Kier alpha value is -1.85. The van der Waals surface area contributed by atoms with E-state index < -0.39 is 11.2 Å². The van der Waals surface area contributed by atoms with E-state index >= 15 is 0 Å². The molecule has 0 radical (unpaired) electrons. The lowest BCUT2D eigenvalue weighted by Gasteiger charge is -2.04. The first kappa shape index (κ1) is 19.9. The number of hydrogen-bond acceptors (Lipinski definition) is 7. The molecule has 144 valence electrons. The van der Waals surface area contributed by atoms with Crippen LogP contribution in [-0.4, -0.2) is 38.8 Å². The summed E-state index contributed by atoms with van der Waals surface area (Å²) in [6.07, 6.45) is -4.34. The number of alkyl halides is 3. The van der Waals surface area contributed by atoms with Gasteiger partial charge in [-0.3, -0.25) is 9.48 Å². The van der Waals surface area contributed by atoms with Crippen LogP contribution in [0.3, 0.4) is 0 Å². The summed E-state index contributed by atoms with van der Waals surface area (Å²) < 4.78 is 44.5. The normalized spacial score (nSPS) is 11.9. The van der Waals surface area contributed by atoms with Crippen molar-refractivity contribution in [2.24, 2.45) is 7.05 Å². The number of esters is 1. The van der Waals surface area contributed by atoms with Gasteiger partial charge in [-0.25, -0.2) is 0 Å². The van der Waals surface area contributed by atoms with Gasteiger partial charge in [0.1, 0.15) is 5.69 Å². The van der Waals surface area contributed by atoms with Crippen LogP contribution in [0.2, 0.25) is 5.02 Å². The molecule has 0 atom stereocenters. The third-order valence-corrected chi connectivity index (χ3v) is 5.78. The average Bonchev–Trinajstić information content (AvgIpc) is 3.19. The average molecular weight is 437 g/mol. The van der Waals surface area contributed by atoms with Crippen LogP contribution in [0.5, 0.6) is 0 Å². The van der Waals surface area contributed by atoms with Crippen molar-refractivity contribution in [3.8, 4) is 10.7 Å². The molecule has 0 aliphatic heterocycles. The summed E-state index contributed by atoms with van der Waals surface area (Å²) in [7, 11) is 2.96. The third-order valence-electron chi connectivity index (χ3n) is 3.54. The molecule has 0 spiro atoms. The molecule has 0 N–H and O–H groups in total. The van der Waals surface area contributed by atoms with E-state index in [2.05, 4.69) is 20.0 Å². The van der Waals surface area contributed by atoms with Gasteiger partial charge in [0.2, 0.25) is 5.01 Å². The van der Waals surface area contributed by atoms with Gasteiger partial charge in [0.05, 0.1) is 24.1 Å². The summed E-state index contributed by atoms with van der Waals surface area (Å²) in [6.45, 7) is 0. The van der Waals surface area contributed by atoms with Crippen LogP contribution in [0.1, 0.15) is 11.4 Å². The maximum absolute atomic E-state index is 12.8. The van der Waals surface area contributed by atoms with Crippen LogP contribution in [0.15, 0.2) is 17.0 Å². The Kier molecular flexibility index (Phi) is 5.63. The van der Waals surface area contributed by atoms with Crippen molar-refractivity contribution in [3.05, 3.63) is 22.2 Å². The van der Waals surface area contributed by atoms with Crippen molar-refractivity contribution >= 4 is 51.6 Å². The number of benzene rings is 1. The van der Waals surface area contributed by atoms with Gasteiger partial charge in [0, 0.05) is 23.1 Å². The van der Waals surface area contributed by atoms with Crippen molar-refractivity contribution < 1.29 is 22.7 Å². The number of rotatable bonds is 5. The third kappa shape index (κ3) is 4.19. The van der Waals surface area contributed by atoms with Gasteiger partial charge in [0.25, 0.3) is 0 Å². The Labute approximate surface area is 164 Å². The molecule has 0 aliphatic rings. The van der Waals surface area contributed by atoms with Gasteiger partial charge in [-0.15, -0.1) is 22.0 Å². The molecule has 0 fully saturated rings. The zero-order valence-electron chi connectivity index (χ0n) is 14.0. The van der Waals surface area contributed by atoms with Gasteiger partial charge in [0.15, 0.2) is 5.01 Å². The first-order valence-corrected chi connectivity index (χ1v) is 9.65. The summed E-state index contributed by atoms with van der Waals surface area (Å²) in [6, 6.07) is 3.48. The molecular weight excluding hydrogens is 425 g/mol. The molecule has 6 nitrogen and oxygen atoms in total. The standard InChI is InChI=1S/C15H12ClF3N4O2S2/c1-23-12-8(5-7(6-9(12)16)26-4-3-10(24)25-2)11(22-23)13-20-21-14(27-13)15(17,18)19/h5-6H,3-4H2,1-2H3. The second kappa shape index (κ2) is 7.64. The van der Waals surface area contributed by atoms with E-state index in [1.54, 1.807) is 19.2 Å². The molecule has 12 heteroatoms. The molecule has 0 bridgehead atoms. The largest absolute Gasteiger partial charge is 0.469 e. The monoisotopic (exact) mass is 436 g/mol. The van der Waals surface area contributed by atoms with Gasteiger partial charge in [-0.1, -0.05) is 22.9 Å². The van der Waals surface area contributed by atoms with Crippen LogP contribution < -0.4 is 0 Å². The van der Waals surface area contributed by atoms with E-state index in [9.17, 15) is 18.0 Å². The zero-order chi connectivity index (χ0) is 19.8. The fourth-order valence-corrected chi connectivity index (χ4v) is 4.39. The van der Waals surface area contributed by atoms with E-state index in [0.717, 1.165) is 4.90 Å². The summed E-state index contributed by atoms with van der Waals surface area (Å²) >= 11 is 8.14. The van der Waals surface area contributed by atoms with Crippen molar-refractivity contribution in [3.63, 3.8) is 0 Å². The number of thioether (sulfide) groups is 1. The predicted octanol–water partition coefficient (Wildman–Crippen LogP) is 4.42. The minimum absolute atomic E-state index is 0.0562. The first-order chi connectivity index (χ1) is 12.7. The molecule has 3 aromatic rings. The quantitative estimate of drug-likeness (QED) is 0.435. The Balaban J connectivity index is 1.99. The van der Waals surface area contributed by atoms with E-state index in [4.69, 9.17) is 11.6 Å². The van der Waals surface area contributed by atoms with Crippen molar-refractivity contribution in [1.82, 2.24) is 20.0 Å². The molecule has 0 saturated heterocycles. The fourth-order valence-electron chi connectivity index (χ4n) is 2.37. The number of aromatic nitrogens is 4. The van der Waals surface area contributed by atoms with Crippen LogP contribution in [0.4, 0.5) is 13.2 Å².